The smallest absolute Gasteiger partial charge is 0.191 e. The Morgan fingerprint density at radius 3 is 2.50 bits per heavy atom. The van der Waals surface area contributed by atoms with Gasteiger partial charge in [-0.1, -0.05) is 30.0 Å². The fourth-order valence-corrected chi connectivity index (χ4v) is 2.09. The number of hydrogen-bond donors (Lipinski definition) is 2. The van der Waals surface area contributed by atoms with Gasteiger partial charge >= 0.3 is 0 Å². The van der Waals surface area contributed by atoms with Crippen molar-refractivity contribution in [3.8, 4) is 0 Å². The van der Waals surface area contributed by atoms with Crippen LogP contribution in [0.25, 0.3) is 0 Å². The van der Waals surface area contributed by atoms with E-state index in [9.17, 15) is 4.39 Å². The standard InChI is InChI=1S/C14H17FN4S/c1-3-16-12-8-13(19-14(18-12)20-2)17-9-10-6-4-5-7-11(10)15/h4-8H,3,9H2,1-2H3,(H2,16,17,18,19). The Morgan fingerprint density at radius 1 is 1.15 bits per heavy atom. The van der Waals surface area contributed by atoms with Gasteiger partial charge in [0.15, 0.2) is 5.16 Å². The van der Waals surface area contributed by atoms with Crippen LogP contribution < -0.4 is 10.6 Å². The van der Waals surface area contributed by atoms with Crippen LogP contribution in [0.15, 0.2) is 35.5 Å². The van der Waals surface area contributed by atoms with Gasteiger partial charge < -0.3 is 10.6 Å². The average Bonchev–Trinajstić information content (AvgIpc) is 2.46. The number of thioether (sulfide) groups is 1. The van der Waals surface area contributed by atoms with E-state index in [1.54, 1.807) is 12.1 Å². The molecular weight excluding hydrogens is 275 g/mol. The minimum atomic E-state index is -0.217. The molecule has 0 aliphatic rings. The predicted molar refractivity (Wildman–Crippen MR) is 81.7 cm³/mol. The Bertz CT molecular complexity index is 577. The third-order valence-electron chi connectivity index (χ3n) is 2.66. The molecule has 2 N–H and O–H groups in total. The highest BCUT2D eigenvalue weighted by molar-refractivity contribution is 7.98. The molecule has 0 saturated carbocycles. The summed E-state index contributed by atoms with van der Waals surface area (Å²) < 4.78 is 13.5. The Balaban J connectivity index is 2.12. The lowest BCUT2D eigenvalue weighted by molar-refractivity contribution is 0.613. The summed E-state index contributed by atoms with van der Waals surface area (Å²) in [6.45, 7) is 3.19. The van der Waals surface area contributed by atoms with Crippen LogP contribution in [0.1, 0.15) is 12.5 Å². The van der Waals surface area contributed by atoms with Gasteiger partial charge in [-0.25, -0.2) is 14.4 Å². The van der Waals surface area contributed by atoms with Crippen LogP contribution >= 0.6 is 11.8 Å². The first kappa shape index (κ1) is 14.6. The van der Waals surface area contributed by atoms with E-state index in [4.69, 9.17) is 0 Å². The van der Waals surface area contributed by atoms with Crippen molar-refractivity contribution in [1.82, 2.24) is 9.97 Å². The van der Waals surface area contributed by atoms with Crippen LogP contribution in [-0.4, -0.2) is 22.8 Å². The van der Waals surface area contributed by atoms with Gasteiger partial charge in [0, 0.05) is 24.7 Å². The van der Waals surface area contributed by atoms with Crippen molar-refractivity contribution >= 4 is 23.4 Å². The lowest BCUT2D eigenvalue weighted by Gasteiger charge is -2.10. The van der Waals surface area contributed by atoms with E-state index in [-0.39, 0.29) is 5.82 Å². The summed E-state index contributed by atoms with van der Waals surface area (Å²) >= 11 is 1.47. The van der Waals surface area contributed by atoms with Gasteiger partial charge in [-0.15, -0.1) is 0 Å². The Kier molecular flexibility index (Phi) is 5.17. The van der Waals surface area contributed by atoms with Gasteiger partial charge in [-0.2, -0.15) is 0 Å². The monoisotopic (exact) mass is 292 g/mol. The summed E-state index contributed by atoms with van der Waals surface area (Å²) in [5.74, 6) is 1.23. The number of halogens is 1. The van der Waals surface area contributed by atoms with E-state index >= 15 is 0 Å². The normalized spacial score (nSPS) is 10.3. The van der Waals surface area contributed by atoms with E-state index in [1.165, 1.54) is 17.8 Å². The van der Waals surface area contributed by atoms with Crippen molar-refractivity contribution in [2.45, 2.75) is 18.6 Å². The zero-order valence-corrected chi connectivity index (χ0v) is 12.3. The lowest BCUT2D eigenvalue weighted by Crippen LogP contribution is -2.07. The van der Waals surface area contributed by atoms with Crippen LogP contribution in [0.2, 0.25) is 0 Å². The quantitative estimate of drug-likeness (QED) is 0.631. The molecule has 0 atom stereocenters. The SMILES string of the molecule is CCNc1cc(NCc2ccccc2F)nc(SC)n1. The molecule has 0 spiro atoms. The number of hydrogen-bond acceptors (Lipinski definition) is 5. The minimum absolute atomic E-state index is 0.217. The molecule has 0 aliphatic carbocycles. The number of nitrogens with one attached hydrogen (secondary N) is 2. The fourth-order valence-electron chi connectivity index (χ4n) is 1.71. The van der Waals surface area contributed by atoms with Crippen molar-refractivity contribution in [2.24, 2.45) is 0 Å². The van der Waals surface area contributed by atoms with Crippen LogP contribution in [-0.2, 0) is 6.54 Å². The molecule has 2 aromatic rings. The second kappa shape index (κ2) is 7.09. The van der Waals surface area contributed by atoms with Crippen LogP contribution in [0, 0.1) is 5.82 Å². The zero-order chi connectivity index (χ0) is 14.4. The molecule has 0 unspecified atom stereocenters. The average molecular weight is 292 g/mol. The molecule has 0 radical (unpaired) electrons. The van der Waals surface area contributed by atoms with Gasteiger partial charge in [0.2, 0.25) is 0 Å². The molecule has 0 aliphatic heterocycles. The molecule has 0 saturated heterocycles. The molecule has 1 aromatic carbocycles. The third-order valence-corrected chi connectivity index (χ3v) is 3.21. The van der Waals surface area contributed by atoms with Gasteiger partial charge in [0.25, 0.3) is 0 Å². The number of benzene rings is 1. The van der Waals surface area contributed by atoms with E-state index < -0.39 is 0 Å². The number of nitrogens with zero attached hydrogens (tertiary/aromatic N) is 2. The van der Waals surface area contributed by atoms with E-state index in [2.05, 4.69) is 20.6 Å². The topological polar surface area (TPSA) is 49.8 Å². The molecule has 1 heterocycles. The Labute approximate surface area is 122 Å². The second-order valence-corrected chi connectivity index (χ2v) is 4.87. The van der Waals surface area contributed by atoms with Crippen LogP contribution in [0.3, 0.4) is 0 Å². The van der Waals surface area contributed by atoms with Crippen LogP contribution in [0.4, 0.5) is 16.0 Å². The molecule has 2 rings (SSSR count). The Hall–Kier alpha value is -1.82. The van der Waals surface area contributed by atoms with Crippen molar-refractivity contribution in [3.63, 3.8) is 0 Å². The molecule has 0 fully saturated rings. The van der Waals surface area contributed by atoms with E-state index in [0.717, 1.165) is 12.4 Å². The highest BCUT2D eigenvalue weighted by Gasteiger charge is 2.05. The van der Waals surface area contributed by atoms with Crippen LogP contribution in [0.5, 0.6) is 0 Å². The van der Waals surface area contributed by atoms with Gasteiger partial charge in [0.1, 0.15) is 17.5 Å². The molecule has 1 aromatic heterocycles. The molecule has 4 nitrogen and oxygen atoms in total. The largest absolute Gasteiger partial charge is 0.370 e. The maximum Gasteiger partial charge on any atom is 0.191 e. The molecular formula is C14H17FN4S. The summed E-state index contributed by atoms with van der Waals surface area (Å²) in [6, 6.07) is 8.53. The number of anilines is 2. The third kappa shape index (κ3) is 3.84. The molecule has 0 amide bonds. The van der Waals surface area contributed by atoms with Crippen molar-refractivity contribution in [1.29, 1.82) is 0 Å². The number of aromatic nitrogens is 2. The molecule has 106 valence electrons. The molecule has 20 heavy (non-hydrogen) atoms. The lowest BCUT2D eigenvalue weighted by atomic mass is 10.2. The Morgan fingerprint density at radius 2 is 1.85 bits per heavy atom. The second-order valence-electron chi connectivity index (χ2n) is 4.10. The first-order valence-corrected chi connectivity index (χ1v) is 7.59. The summed E-state index contributed by atoms with van der Waals surface area (Å²) in [7, 11) is 0. The van der Waals surface area contributed by atoms with E-state index in [1.807, 2.05) is 25.3 Å². The summed E-state index contributed by atoms with van der Waals surface area (Å²) in [6.07, 6.45) is 1.92. The summed E-state index contributed by atoms with van der Waals surface area (Å²) in [5.41, 5.74) is 0.613. The maximum atomic E-state index is 13.5. The molecule has 0 bridgehead atoms. The summed E-state index contributed by atoms with van der Waals surface area (Å²) in [4.78, 5) is 8.70. The van der Waals surface area contributed by atoms with Gasteiger partial charge in [-0.05, 0) is 19.2 Å². The maximum absolute atomic E-state index is 13.5. The predicted octanol–water partition coefficient (Wildman–Crippen LogP) is 3.38. The fraction of sp³-hybridized carbons (Fsp3) is 0.286. The van der Waals surface area contributed by atoms with E-state index in [0.29, 0.717) is 23.1 Å². The van der Waals surface area contributed by atoms with Crippen molar-refractivity contribution in [2.75, 3.05) is 23.4 Å². The number of rotatable bonds is 6. The summed E-state index contributed by atoms with van der Waals surface area (Å²) in [5, 5.41) is 6.96. The molecule has 6 heteroatoms. The highest BCUT2D eigenvalue weighted by Crippen LogP contribution is 2.18. The first-order valence-electron chi connectivity index (χ1n) is 6.37. The highest BCUT2D eigenvalue weighted by atomic mass is 32.2. The zero-order valence-electron chi connectivity index (χ0n) is 11.5. The van der Waals surface area contributed by atoms with Gasteiger partial charge in [0.05, 0.1) is 0 Å². The first-order chi connectivity index (χ1) is 9.72. The minimum Gasteiger partial charge on any atom is -0.370 e. The van der Waals surface area contributed by atoms with Gasteiger partial charge in [-0.3, -0.25) is 0 Å². The van der Waals surface area contributed by atoms with Crippen molar-refractivity contribution < 1.29 is 4.39 Å². The van der Waals surface area contributed by atoms with Crippen molar-refractivity contribution in [3.05, 3.63) is 41.7 Å².